The summed E-state index contributed by atoms with van der Waals surface area (Å²) in [5.41, 5.74) is 0.654. The molecular weight excluding hydrogens is 217 g/mol. The van der Waals surface area contributed by atoms with Gasteiger partial charge in [-0.3, -0.25) is 0 Å². The molecule has 0 aliphatic rings. The highest BCUT2D eigenvalue weighted by molar-refractivity contribution is 5.30. The highest BCUT2D eigenvalue weighted by Gasteiger charge is 2.13. The lowest BCUT2D eigenvalue weighted by Gasteiger charge is -2.20. The fraction of sp³-hybridized carbons (Fsp3) is 0.429. The Kier molecular flexibility index (Phi) is 5.16. The van der Waals surface area contributed by atoms with E-state index in [2.05, 4.69) is 18.8 Å². The van der Waals surface area contributed by atoms with Crippen molar-refractivity contribution in [1.82, 2.24) is 5.32 Å². The Hall–Kier alpha value is -1.35. The van der Waals surface area contributed by atoms with E-state index in [1.807, 2.05) is 13.0 Å². The molecule has 3 heteroatoms. The van der Waals surface area contributed by atoms with Crippen LogP contribution in [0.5, 0.6) is 5.75 Å². The molecule has 1 rings (SSSR count). The molecule has 0 saturated carbocycles. The van der Waals surface area contributed by atoms with E-state index in [4.69, 9.17) is 4.74 Å². The predicted octanol–water partition coefficient (Wildman–Crippen LogP) is 3.45. The smallest absolute Gasteiger partial charge is 0.131 e. The summed E-state index contributed by atoms with van der Waals surface area (Å²) in [6, 6.07) is 5.19. The maximum Gasteiger partial charge on any atom is 0.131 e. The van der Waals surface area contributed by atoms with Gasteiger partial charge in [0.15, 0.2) is 0 Å². The van der Waals surface area contributed by atoms with Gasteiger partial charge in [-0.05, 0) is 26.3 Å². The van der Waals surface area contributed by atoms with Crippen molar-refractivity contribution in [1.29, 1.82) is 0 Å². The molecule has 0 bridgehead atoms. The molecule has 0 amide bonds. The predicted molar refractivity (Wildman–Crippen MR) is 68.8 cm³/mol. The number of hydrogen-bond acceptors (Lipinski definition) is 2. The summed E-state index contributed by atoms with van der Waals surface area (Å²) in [5, 5.41) is 3.32. The van der Waals surface area contributed by atoms with Crippen LogP contribution in [0, 0.1) is 5.82 Å². The van der Waals surface area contributed by atoms with Crippen LogP contribution in [0.2, 0.25) is 0 Å². The molecule has 1 aromatic carbocycles. The number of halogens is 1. The average Bonchev–Trinajstić information content (AvgIpc) is 2.28. The molecule has 94 valence electrons. The molecule has 2 atom stereocenters. The Morgan fingerprint density at radius 2 is 2.18 bits per heavy atom. The monoisotopic (exact) mass is 237 g/mol. The zero-order valence-electron chi connectivity index (χ0n) is 10.7. The Morgan fingerprint density at radius 3 is 2.71 bits per heavy atom. The van der Waals surface area contributed by atoms with Crippen LogP contribution in [0.15, 0.2) is 30.9 Å². The molecular formula is C14H20FNO. The summed E-state index contributed by atoms with van der Waals surface area (Å²) in [6.07, 6.45) is 2.72. The zero-order chi connectivity index (χ0) is 12.8. The number of ether oxygens (including phenoxy) is 1. The van der Waals surface area contributed by atoms with E-state index < -0.39 is 0 Å². The molecule has 0 radical (unpaired) electrons. The first-order valence-electron chi connectivity index (χ1n) is 5.78. The SMILES string of the molecule is C=CCC(C)NC(C)c1ccc(OC)cc1F. The van der Waals surface area contributed by atoms with Gasteiger partial charge in [0.25, 0.3) is 0 Å². The molecule has 2 unspecified atom stereocenters. The van der Waals surface area contributed by atoms with Gasteiger partial charge < -0.3 is 10.1 Å². The van der Waals surface area contributed by atoms with E-state index in [9.17, 15) is 4.39 Å². The largest absolute Gasteiger partial charge is 0.497 e. The third kappa shape index (κ3) is 3.86. The molecule has 0 saturated heterocycles. The van der Waals surface area contributed by atoms with Gasteiger partial charge in [-0.15, -0.1) is 6.58 Å². The van der Waals surface area contributed by atoms with Crippen molar-refractivity contribution < 1.29 is 9.13 Å². The van der Waals surface area contributed by atoms with Crippen LogP contribution < -0.4 is 10.1 Å². The second-order valence-corrected chi connectivity index (χ2v) is 4.20. The Morgan fingerprint density at radius 1 is 1.47 bits per heavy atom. The maximum atomic E-state index is 13.8. The number of benzene rings is 1. The van der Waals surface area contributed by atoms with Crippen LogP contribution in [0.25, 0.3) is 0 Å². The van der Waals surface area contributed by atoms with Crippen molar-refractivity contribution in [2.75, 3.05) is 7.11 Å². The van der Waals surface area contributed by atoms with Gasteiger partial charge in [-0.2, -0.15) is 0 Å². The fourth-order valence-corrected chi connectivity index (χ4v) is 1.82. The average molecular weight is 237 g/mol. The van der Waals surface area contributed by atoms with E-state index in [1.54, 1.807) is 12.1 Å². The van der Waals surface area contributed by atoms with E-state index in [1.165, 1.54) is 13.2 Å². The van der Waals surface area contributed by atoms with Crippen LogP contribution in [0.4, 0.5) is 4.39 Å². The van der Waals surface area contributed by atoms with Crippen LogP contribution >= 0.6 is 0 Å². The van der Waals surface area contributed by atoms with E-state index in [-0.39, 0.29) is 17.9 Å². The van der Waals surface area contributed by atoms with Gasteiger partial charge in [-0.25, -0.2) is 4.39 Å². The van der Waals surface area contributed by atoms with Crippen LogP contribution in [0.1, 0.15) is 31.9 Å². The van der Waals surface area contributed by atoms with Gasteiger partial charge >= 0.3 is 0 Å². The second-order valence-electron chi connectivity index (χ2n) is 4.20. The molecule has 0 aliphatic carbocycles. The van der Waals surface area contributed by atoms with Gasteiger partial charge in [0.1, 0.15) is 11.6 Å². The molecule has 1 N–H and O–H groups in total. The van der Waals surface area contributed by atoms with Crippen molar-refractivity contribution in [2.45, 2.75) is 32.4 Å². The standard InChI is InChI=1S/C14H20FNO/c1-5-6-10(2)16-11(3)13-8-7-12(17-4)9-14(13)15/h5,7-11,16H,1,6H2,2-4H3. The minimum absolute atomic E-state index is 0.0316. The van der Waals surface area contributed by atoms with Gasteiger partial charge in [0.05, 0.1) is 7.11 Å². The normalized spacial score (nSPS) is 14.1. The highest BCUT2D eigenvalue weighted by atomic mass is 19.1. The fourth-order valence-electron chi connectivity index (χ4n) is 1.82. The first-order valence-corrected chi connectivity index (χ1v) is 5.78. The molecule has 0 fully saturated rings. The van der Waals surface area contributed by atoms with Crippen LogP contribution in [-0.4, -0.2) is 13.2 Å². The summed E-state index contributed by atoms with van der Waals surface area (Å²) in [5.74, 6) is 0.299. The van der Waals surface area contributed by atoms with Crippen molar-refractivity contribution in [3.05, 3.63) is 42.2 Å². The highest BCUT2D eigenvalue weighted by Crippen LogP contribution is 2.22. The molecule has 0 spiro atoms. The van der Waals surface area contributed by atoms with E-state index in [0.717, 1.165) is 6.42 Å². The second kappa shape index (κ2) is 6.40. The third-order valence-corrected chi connectivity index (χ3v) is 2.73. The minimum Gasteiger partial charge on any atom is -0.497 e. The third-order valence-electron chi connectivity index (χ3n) is 2.73. The molecule has 2 nitrogen and oxygen atoms in total. The van der Waals surface area contributed by atoms with Crippen molar-refractivity contribution in [3.8, 4) is 5.75 Å². The lowest BCUT2D eigenvalue weighted by atomic mass is 10.1. The van der Waals surface area contributed by atoms with E-state index >= 15 is 0 Å². The quantitative estimate of drug-likeness (QED) is 0.765. The summed E-state index contributed by atoms with van der Waals surface area (Å²) in [6.45, 7) is 7.69. The zero-order valence-corrected chi connectivity index (χ0v) is 10.7. The van der Waals surface area contributed by atoms with Gasteiger partial charge in [0.2, 0.25) is 0 Å². The molecule has 0 aromatic heterocycles. The summed E-state index contributed by atoms with van der Waals surface area (Å²) in [4.78, 5) is 0. The lowest BCUT2D eigenvalue weighted by Crippen LogP contribution is -2.28. The molecule has 0 aliphatic heterocycles. The van der Waals surface area contributed by atoms with Crippen molar-refractivity contribution in [2.24, 2.45) is 0 Å². The Labute approximate surface area is 102 Å². The van der Waals surface area contributed by atoms with Gasteiger partial charge in [0, 0.05) is 23.7 Å². The van der Waals surface area contributed by atoms with Crippen LogP contribution in [0.3, 0.4) is 0 Å². The van der Waals surface area contributed by atoms with E-state index in [0.29, 0.717) is 11.3 Å². The maximum absolute atomic E-state index is 13.8. The van der Waals surface area contributed by atoms with Crippen molar-refractivity contribution in [3.63, 3.8) is 0 Å². The molecule has 0 heterocycles. The molecule has 17 heavy (non-hydrogen) atoms. The number of hydrogen-bond donors (Lipinski definition) is 1. The summed E-state index contributed by atoms with van der Waals surface area (Å²) in [7, 11) is 1.53. The first-order chi connectivity index (χ1) is 8.08. The van der Waals surface area contributed by atoms with Crippen LogP contribution in [-0.2, 0) is 0 Å². The lowest BCUT2D eigenvalue weighted by molar-refractivity contribution is 0.408. The molecule has 1 aromatic rings. The minimum atomic E-state index is -0.241. The summed E-state index contributed by atoms with van der Waals surface area (Å²) >= 11 is 0. The number of methoxy groups -OCH3 is 1. The Balaban J connectivity index is 2.74. The Bertz CT molecular complexity index is 378. The topological polar surface area (TPSA) is 21.3 Å². The number of nitrogens with one attached hydrogen (secondary N) is 1. The summed E-state index contributed by atoms with van der Waals surface area (Å²) < 4.78 is 18.8. The number of rotatable bonds is 6. The van der Waals surface area contributed by atoms with Crippen molar-refractivity contribution >= 4 is 0 Å². The first kappa shape index (κ1) is 13.7. The van der Waals surface area contributed by atoms with Gasteiger partial charge in [-0.1, -0.05) is 12.1 Å².